The predicted octanol–water partition coefficient (Wildman–Crippen LogP) is 4.37. The van der Waals surface area contributed by atoms with E-state index in [-0.39, 0.29) is 10.6 Å². The van der Waals surface area contributed by atoms with Crippen LogP contribution in [-0.4, -0.2) is 32.3 Å². The lowest BCUT2D eigenvalue weighted by Crippen LogP contribution is -2.15. The van der Waals surface area contributed by atoms with Gasteiger partial charge in [-0.15, -0.1) is 0 Å². The Kier molecular flexibility index (Phi) is 5.55. The molecule has 0 saturated heterocycles. The molecule has 0 spiro atoms. The van der Waals surface area contributed by atoms with Gasteiger partial charge in [-0.3, -0.25) is 4.72 Å². The first-order chi connectivity index (χ1) is 13.9. The summed E-state index contributed by atoms with van der Waals surface area (Å²) in [4.78, 5) is 1.76. The number of anilines is 2. The highest BCUT2D eigenvalue weighted by Gasteiger charge is 2.30. The van der Waals surface area contributed by atoms with E-state index in [2.05, 4.69) is 9.82 Å². The van der Waals surface area contributed by atoms with Crippen LogP contribution in [0.15, 0.2) is 53.7 Å². The fourth-order valence-electron chi connectivity index (χ4n) is 2.96. The zero-order valence-corrected chi connectivity index (χ0v) is 17.6. The Morgan fingerprint density at radius 3 is 2.27 bits per heavy atom. The number of nitrogens with one attached hydrogen (secondary N) is 1. The summed E-state index contributed by atoms with van der Waals surface area (Å²) in [6, 6.07) is 8.22. The first-order valence-corrected chi connectivity index (χ1v) is 10.4. The number of benzene rings is 2. The Morgan fingerprint density at radius 2 is 1.70 bits per heavy atom. The van der Waals surface area contributed by atoms with E-state index in [0.717, 1.165) is 39.8 Å². The highest BCUT2D eigenvalue weighted by molar-refractivity contribution is 7.92. The number of halogens is 3. The second-order valence-electron chi connectivity index (χ2n) is 7.12. The molecule has 0 amide bonds. The number of alkyl halides is 3. The third-order valence-electron chi connectivity index (χ3n) is 4.58. The molecule has 0 fully saturated rings. The normalized spacial score (nSPS) is 12.1. The highest BCUT2D eigenvalue weighted by Crippen LogP contribution is 2.31. The molecule has 0 atom stereocenters. The van der Waals surface area contributed by atoms with Crippen molar-refractivity contribution in [2.75, 3.05) is 23.7 Å². The largest absolute Gasteiger partial charge is 0.416 e. The van der Waals surface area contributed by atoms with Crippen LogP contribution in [0, 0.1) is 13.8 Å². The van der Waals surface area contributed by atoms with Crippen molar-refractivity contribution in [1.29, 1.82) is 0 Å². The fourth-order valence-corrected chi connectivity index (χ4v) is 4.10. The summed E-state index contributed by atoms with van der Waals surface area (Å²) < 4.78 is 68.1. The van der Waals surface area contributed by atoms with Crippen LogP contribution < -0.4 is 9.62 Å². The predicted molar refractivity (Wildman–Crippen MR) is 110 cm³/mol. The molecule has 0 aliphatic carbocycles. The van der Waals surface area contributed by atoms with Crippen molar-refractivity contribution in [2.45, 2.75) is 24.9 Å². The Labute approximate surface area is 173 Å². The van der Waals surface area contributed by atoms with Crippen LogP contribution in [0.3, 0.4) is 0 Å². The minimum Gasteiger partial charge on any atom is -0.378 e. The van der Waals surface area contributed by atoms with Gasteiger partial charge in [-0.25, -0.2) is 13.1 Å². The van der Waals surface area contributed by atoms with E-state index in [0.29, 0.717) is 5.69 Å². The number of nitrogens with zero attached hydrogens (tertiary/aromatic N) is 3. The summed E-state index contributed by atoms with van der Waals surface area (Å²) in [5, 5.41) is 3.92. The maximum absolute atomic E-state index is 12.9. The third kappa shape index (κ3) is 4.43. The standard InChI is InChI=1S/C20H21F3N4O2S/c1-13-8-17(26(3)4)9-14(2)19(13)25-30(28,29)18-11-24-27(12-18)16-7-5-6-15(10-16)20(21,22)23/h5-12,25H,1-4H3. The minimum absolute atomic E-state index is 0.106. The van der Waals surface area contributed by atoms with E-state index in [1.807, 2.05) is 31.1 Å². The second kappa shape index (κ2) is 7.67. The van der Waals surface area contributed by atoms with E-state index < -0.39 is 21.8 Å². The lowest BCUT2D eigenvalue weighted by molar-refractivity contribution is -0.137. The zero-order chi connectivity index (χ0) is 22.3. The summed E-state index contributed by atoms with van der Waals surface area (Å²) in [6.07, 6.45) is -2.23. The van der Waals surface area contributed by atoms with E-state index in [9.17, 15) is 21.6 Å². The number of aryl methyl sites for hydroxylation is 2. The molecule has 2 aromatic carbocycles. The van der Waals surface area contributed by atoms with Crippen molar-refractivity contribution in [2.24, 2.45) is 0 Å². The third-order valence-corrected chi connectivity index (χ3v) is 5.88. The van der Waals surface area contributed by atoms with Gasteiger partial charge in [-0.1, -0.05) is 6.07 Å². The van der Waals surface area contributed by atoms with Crippen molar-refractivity contribution in [3.8, 4) is 5.69 Å². The molecule has 0 aliphatic heterocycles. The van der Waals surface area contributed by atoms with Crippen LogP contribution in [0.25, 0.3) is 5.69 Å². The molecule has 3 rings (SSSR count). The molecule has 6 nitrogen and oxygen atoms in total. The van der Waals surface area contributed by atoms with Gasteiger partial charge >= 0.3 is 6.18 Å². The van der Waals surface area contributed by atoms with E-state index in [1.165, 1.54) is 18.3 Å². The quantitative estimate of drug-likeness (QED) is 0.642. The maximum atomic E-state index is 12.9. The lowest BCUT2D eigenvalue weighted by atomic mass is 10.1. The fraction of sp³-hybridized carbons (Fsp3) is 0.250. The van der Waals surface area contributed by atoms with Crippen molar-refractivity contribution in [3.05, 3.63) is 65.5 Å². The van der Waals surface area contributed by atoms with Gasteiger partial charge in [-0.05, 0) is 55.3 Å². The smallest absolute Gasteiger partial charge is 0.378 e. The van der Waals surface area contributed by atoms with Crippen LogP contribution in [0.4, 0.5) is 24.5 Å². The van der Waals surface area contributed by atoms with Gasteiger partial charge < -0.3 is 4.90 Å². The number of sulfonamides is 1. The van der Waals surface area contributed by atoms with Crippen molar-refractivity contribution >= 4 is 21.4 Å². The zero-order valence-electron chi connectivity index (χ0n) is 16.8. The molecule has 1 aromatic heterocycles. The molecule has 3 aromatic rings. The molecular formula is C20H21F3N4O2S. The molecule has 160 valence electrons. The average Bonchev–Trinajstić information content (AvgIpc) is 3.15. The van der Waals surface area contributed by atoms with Crippen molar-refractivity contribution in [1.82, 2.24) is 9.78 Å². The van der Waals surface area contributed by atoms with E-state index in [4.69, 9.17) is 0 Å². The first kappa shape index (κ1) is 21.7. The topological polar surface area (TPSA) is 67.2 Å². The molecule has 1 N–H and O–H groups in total. The van der Waals surface area contributed by atoms with Gasteiger partial charge in [0.2, 0.25) is 0 Å². The van der Waals surface area contributed by atoms with Gasteiger partial charge in [0, 0.05) is 19.8 Å². The summed E-state index contributed by atoms with van der Waals surface area (Å²) >= 11 is 0. The molecule has 30 heavy (non-hydrogen) atoms. The van der Waals surface area contributed by atoms with Gasteiger partial charge in [0.05, 0.1) is 29.3 Å². The summed E-state index contributed by atoms with van der Waals surface area (Å²) in [6.45, 7) is 3.59. The molecular weight excluding hydrogens is 417 g/mol. The number of hydrogen-bond acceptors (Lipinski definition) is 4. The van der Waals surface area contributed by atoms with Gasteiger partial charge in [-0.2, -0.15) is 18.3 Å². The summed E-state index contributed by atoms with van der Waals surface area (Å²) in [5.41, 5.74) is 2.14. The molecule has 0 radical (unpaired) electrons. The minimum atomic E-state index is -4.51. The lowest BCUT2D eigenvalue weighted by Gasteiger charge is -2.18. The van der Waals surface area contributed by atoms with E-state index >= 15 is 0 Å². The number of hydrogen-bond donors (Lipinski definition) is 1. The summed E-state index contributed by atoms with van der Waals surface area (Å²) in [7, 11) is -0.208. The van der Waals surface area contributed by atoms with Crippen LogP contribution in [0.2, 0.25) is 0 Å². The van der Waals surface area contributed by atoms with E-state index in [1.54, 1.807) is 13.8 Å². The molecule has 0 aliphatic rings. The average molecular weight is 438 g/mol. The molecule has 0 unspecified atom stereocenters. The Bertz CT molecular complexity index is 1160. The Morgan fingerprint density at radius 1 is 1.07 bits per heavy atom. The number of rotatable bonds is 5. The SMILES string of the molecule is Cc1cc(N(C)C)cc(C)c1NS(=O)(=O)c1cnn(-c2cccc(C(F)(F)F)c2)c1. The Hall–Kier alpha value is -3.01. The second-order valence-corrected chi connectivity index (χ2v) is 8.81. The molecule has 1 heterocycles. The maximum Gasteiger partial charge on any atom is 0.416 e. The van der Waals surface area contributed by atoms with Gasteiger partial charge in [0.15, 0.2) is 0 Å². The van der Waals surface area contributed by atoms with Crippen LogP contribution in [0.1, 0.15) is 16.7 Å². The van der Waals surface area contributed by atoms with Crippen molar-refractivity contribution < 1.29 is 21.6 Å². The van der Waals surface area contributed by atoms with Crippen LogP contribution in [0.5, 0.6) is 0 Å². The first-order valence-electron chi connectivity index (χ1n) is 8.92. The monoisotopic (exact) mass is 438 g/mol. The van der Waals surface area contributed by atoms with Gasteiger partial charge in [0.25, 0.3) is 10.0 Å². The molecule has 0 saturated carbocycles. The van der Waals surface area contributed by atoms with Crippen LogP contribution >= 0.6 is 0 Å². The molecule has 0 bridgehead atoms. The number of aromatic nitrogens is 2. The Balaban J connectivity index is 1.92. The van der Waals surface area contributed by atoms with Crippen LogP contribution in [-0.2, 0) is 16.2 Å². The van der Waals surface area contributed by atoms with Gasteiger partial charge in [0.1, 0.15) is 4.90 Å². The van der Waals surface area contributed by atoms with Crippen molar-refractivity contribution in [3.63, 3.8) is 0 Å². The summed E-state index contributed by atoms with van der Waals surface area (Å²) in [5.74, 6) is 0. The molecule has 10 heteroatoms. The highest BCUT2D eigenvalue weighted by atomic mass is 32.2.